The van der Waals surface area contributed by atoms with Crippen LogP contribution in [0.5, 0.6) is 0 Å². The highest BCUT2D eigenvalue weighted by Crippen LogP contribution is 2.17. The van der Waals surface area contributed by atoms with Crippen LogP contribution in [0.3, 0.4) is 0 Å². The maximum Gasteiger partial charge on any atom is 0.0678 e. The van der Waals surface area contributed by atoms with Gasteiger partial charge < -0.3 is 10.1 Å². The lowest BCUT2D eigenvalue weighted by molar-refractivity contribution is -0.0675. The summed E-state index contributed by atoms with van der Waals surface area (Å²) in [4.78, 5) is 2.54. The summed E-state index contributed by atoms with van der Waals surface area (Å²) in [6, 6.07) is 0.791. The first-order valence-electron chi connectivity index (χ1n) is 7.35. The molecule has 17 heavy (non-hydrogen) atoms. The predicted molar refractivity (Wildman–Crippen MR) is 71.3 cm³/mol. The number of nitrogens with one attached hydrogen (secondary N) is 1. The fourth-order valence-electron chi connectivity index (χ4n) is 3.20. The van der Waals surface area contributed by atoms with Gasteiger partial charge in [-0.05, 0) is 26.7 Å². The van der Waals surface area contributed by atoms with E-state index in [2.05, 4.69) is 24.1 Å². The van der Waals surface area contributed by atoms with Gasteiger partial charge in [-0.2, -0.15) is 0 Å². The standard InChI is InChI=1S/C14H28N2O/c1-12-10-16(11-13(2)17-12)9-8-15-14-6-4-3-5-7-14/h12-15H,3-11H2,1-2H3/t12-,13+. The lowest BCUT2D eigenvalue weighted by Gasteiger charge is -2.35. The average molecular weight is 240 g/mol. The molecule has 0 aromatic rings. The number of hydrogen-bond donors (Lipinski definition) is 1. The molecule has 3 heteroatoms. The molecule has 0 aromatic heterocycles. The molecule has 0 bridgehead atoms. The molecule has 0 amide bonds. The Balaban J connectivity index is 1.60. The van der Waals surface area contributed by atoms with Gasteiger partial charge in [0.05, 0.1) is 12.2 Å². The highest BCUT2D eigenvalue weighted by molar-refractivity contribution is 4.76. The third kappa shape index (κ3) is 4.57. The second-order valence-corrected chi connectivity index (χ2v) is 5.81. The molecule has 0 radical (unpaired) electrons. The summed E-state index contributed by atoms with van der Waals surface area (Å²) in [5, 5.41) is 3.72. The highest BCUT2D eigenvalue weighted by atomic mass is 16.5. The van der Waals surface area contributed by atoms with E-state index in [1.807, 2.05) is 0 Å². The van der Waals surface area contributed by atoms with E-state index in [0.29, 0.717) is 12.2 Å². The van der Waals surface area contributed by atoms with Gasteiger partial charge in [0, 0.05) is 32.2 Å². The zero-order chi connectivity index (χ0) is 12.1. The van der Waals surface area contributed by atoms with Crippen molar-refractivity contribution in [3.8, 4) is 0 Å². The molecule has 2 atom stereocenters. The molecular formula is C14H28N2O. The molecule has 1 aliphatic heterocycles. The Bertz CT molecular complexity index is 206. The lowest BCUT2D eigenvalue weighted by Crippen LogP contribution is -2.48. The normalized spacial score (nSPS) is 32.8. The van der Waals surface area contributed by atoms with E-state index in [4.69, 9.17) is 4.74 Å². The molecule has 3 nitrogen and oxygen atoms in total. The smallest absolute Gasteiger partial charge is 0.0678 e. The van der Waals surface area contributed by atoms with Crippen LogP contribution in [0.1, 0.15) is 46.0 Å². The van der Waals surface area contributed by atoms with Crippen molar-refractivity contribution in [1.82, 2.24) is 10.2 Å². The van der Waals surface area contributed by atoms with Gasteiger partial charge in [-0.25, -0.2) is 0 Å². The van der Waals surface area contributed by atoms with Gasteiger partial charge in [0.1, 0.15) is 0 Å². The summed E-state index contributed by atoms with van der Waals surface area (Å²) < 4.78 is 5.75. The van der Waals surface area contributed by atoms with Crippen LogP contribution in [0.15, 0.2) is 0 Å². The Morgan fingerprint density at radius 2 is 1.71 bits per heavy atom. The van der Waals surface area contributed by atoms with Gasteiger partial charge >= 0.3 is 0 Å². The van der Waals surface area contributed by atoms with Crippen LogP contribution in [0.2, 0.25) is 0 Å². The van der Waals surface area contributed by atoms with Crippen molar-refractivity contribution in [3.05, 3.63) is 0 Å². The van der Waals surface area contributed by atoms with Crippen LogP contribution >= 0.6 is 0 Å². The number of rotatable bonds is 4. The van der Waals surface area contributed by atoms with E-state index in [0.717, 1.165) is 25.7 Å². The first kappa shape index (κ1) is 13.3. The second-order valence-electron chi connectivity index (χ2n) is 5.81. The predicted octanol–water partition coefficient (Wildman–Crippen LogP) is 2.02. The molecule has 0 aromatic carbocycles. The lowest BCUT2D eigenvalue weighted by atomic mass is 9.95. The maximum atomic E-state index is 5.75. The molecule has 100 valence electrons. The average Bonchev–Trinajstić information content (AvgIpc) is 2.29. The zero-order valence-corrected chi connectivity index (χ0v) is 11.5. The van der Waals surface area contributed by atoms with E-state index >= 15 is 0 Å². The molecule has 1 heterocycles. The van der Waals surface area contributed by atoms with Gasteiger partial charge in [0.15, 0.2) is 0 Å². The fraction of sp³-hybridized carbons (Fsp3) is 1.00. The van der Waals surface area contributed by atoms with Crippen molar-refractivity contribution in [2.24, 2.45) is 0 Å². The van der Waals surface area contributed by atoms with Crippen molar-refractivity contribution in [1.29, 1.82) is 0 Å². The number of hydrogen-bond acceptors (Lipinski definition) is 3. The van der Waals surface area contributed by atoms with E-state index in [9.17, 15) is 0 Å². The van der Waals surface area contributed by atoms with Crippen molar-refractivity contribution in [3.63, 3.8) is 0 Å². The fourth-order valence-corrected chi connectivity index (χ4v) is 3.20. The van der Waals surface area contributed by atoms with Crippen molar-refractivity contribution in [2.75, 3.05) is 26.2 Å². The van der Waals surface area contributed by atoms with Gasteiger partial charge in [-0.15, -0.1) is 0 Å². The molecule has 2 rings (SSSR count). The Kier molecular flexibility index (Phi) is 5.26. The quantitative estimate of drug-likeness (QED) is 0.813. The highest BCUT2D eigenvalue weighted by Gasteiger charge is 2.21. The van der Waals surface area contributed by atoms with Crippen LogP contribution in [0.25, 0.3) is 0 Å². The van der Waals surface area contributed by atoms with Crippen molar-refractivity contribution >= 4 is 0 Å². The van der Waals surface area contributed by atoms with Crippen molar-refractivity contribution in [2.45, 2.75) is 64.2 Å². The van der Waals surface area contributed by atoms with Gasteiger partial charge in [-0.3, -0.25) is 4.90 Å². The molecule has 0 unspecified atom stereocenters. The van der Waals surface area contributed by atoms with E-state index < -0.39 is 0 Å². The summed E-state index contributed by atoms with van der Waals surface area (Å²) in [5.74, 6) is 0. The van der Waals surface area contributed by atoms with Crippen molar-refractivity contribution < 1.29 is 4.74 Å². The Hall–Kier alpha value is -0.120. The molecule has 1 N–H and O–H groups in total. The van der Waals surface area contributed by atoms with Crippen LogP contribution in [-0.2, 0) is 4.74 Å². The van der Waals surface area contributed by atoms with Gasteiger partial charge in [-0.1, -0.05) is 19.3 Å². The SMILES string of the molecule is C[C@@H]1CN(CCNC2CCCCC2)C[C@H](C)O1. The maximum absolute atomic E-state index is 5.75. The molecule has 2 aliphatic rings. The molecule has 2 fully saturated rings. The van der Waals surface area contributed by atoms with Crippen LogP contribution in [0.4, 0.5) is 0 Å². The molecule has 1 saturated carbocycles. The number of ether oxygens (including phenoxy) is 1. The van der Waals surface area contributed by atoms with Crippen LogP contribution in [0, 0.1) is 0 Å². The Labute approximate surface area is 106 Å². The minimum Gasteiger partial charge on any atom is -0.373 e. The summed E-state index contributed by atoms with van der Waals surface area (Å²) in [6.45, 7) is 8.86. The largest absolute Gasteiger partial charge is 0.373 e. The van der Waals surface area contributed by atoms with E-state index in [1.165, 1.54) is 38.6 Å². The van der Waals surface area contributed by atoms with E-state index in [-0.39, 0.29) is 0 Å². The molecule has 0 spiro atoms. The third-order valence-corrected chi connectivity index (χ3v) is 3.96. The minimum absolute atomic E-state index is 0.397. The Morgan fingerprint density at radius 1 is 1.06 bits per heavy atom. The number of nitrogens with zero attached hydrogens (tertiary/aromatic N) is 1. The Morgan fingerprint density at radius 3 is 2.35 bits per heavy atom. The minimum atomic E-state index is 0.397. The van der Waals surface area contributed by atoms with Crippen LogP contribution < -0.4 is 5.32 Å². The first-order valence-corrected chi connectivity index (χ1v) is 7.35. The van der Waals surface area contributed by atoms with Gasteiger partial charge in [0.25, 0.3) is 0 Å². The van der Waals surface area contributed by atoms with Crippen LogP contribution in [-0.4, -0.2) is 49.3 Å². The zero-order valence-electron chi connectivity index (χ0n) is 11.5. The molecular weight excluding hydrogens is 212 g/mol. The summed E-state index contributed by atoms with van der Waals surface area (Å²) in [5.41, 5.74) is 0. The topological polar surface area (TPSA) is 24.5 Å². The third-order valence-electron chi connectivity index (χ3n) is 3.96. The second kappa shape index (κ2) is 6.72. The first-order chi connectivity index (χ1) is 8.24. The monoisotopic (exact) mass is 240 g/mol. The molecule has 1 aliphatic carbocycles. The van der Waals surface area contributed by atoms with Gasteiger partial charge in [0.2, 0.25) is 0 Å². The summed E-state index contributed by atoms with van der Waals surface area (Å²) >= 11 is 0. The number of morpholine rings is 1. The summed E-state index contributed by atoms with van der Waals surface area (Å²) in [7, 11) is 0. The summed E-state index contributed by atoms with van der Waals surface area (Å²) in [6.07, 6.45) is 7.84. The van der Waals surface area contributed by atoms with E-state index in [1.54, 1.807) is 0 Å². The molecule has 1 saturated heterocycles.